The van der Waals surface area contributed by atoms with Crippen molar-refractivity contribution in [3.63, 3.8) is 0 Å². The van der Waals surface area contributed by atoms with Crippen molar-refractivity contribution in [1.29, 1.82) is 0 Å². The number of carbonyl (C=O) groups excluding carboxylic acids is 2. The number of aromatic nitrogens is 1. The highest BCUT2D eigenvalue weighted by molar-refractivity contribution is 5.97. The molecule has 0 aliphatic rings. The van der Waals surface area contributed by atoms with Gasteiger partial charge in [-0.3, -0.25) is 4.79 Å². The molecule has 6 heteroatoms. The van der Waals surface area contributed by atoms with Crippen molar-refractivity contribution in [2.45, 2.75) is 46.6 Å². The van der Waals surface area contributed by atoms with Crippen LogP contribution >= 0.6 is 0 Å². The molecular formula is C27H31N3O3. The van der Waals surface area contributed by atoms with Gasteiger partial charge in [0, 0.05) is 12.6 Å². The van der Waals surface area contributed by atoms with Gasteiger partial charge in [-0.1, -0.05) is 48.9 Å². The van der Waals surface area contributed by atoms with Gasteiger partial charge in [0.25, 0.3) is 0 Å². The normalized spacial score (nSPS) is 11.5. The lowest BCUT2D eigenvalue weighted by atomic mass is 9.96. The molecule has 0 spiro atoms. The van der Waals surface area contributed by atoms with E-state index in [1.807, 2.05) is 70.2 Å². The molecule has 0 saturated heterocycles. The van der Waals surface area contributed by atoms with E-state index in [0.717, 1.165) is 34.2 Å². The van der Waals surface area contributed by atoms with E-state index in [-0.39, 0.29) is 17.9 Å². The highest BCUT2D eigenvalue weighted by Gasteiger charge is 2.16. The van der Waals surface area contributed by atoms with Gasteiger partial charge in [0.2, 0.25) is 5.91 Å². The lowest BCUT2D eigenvalue weighted by Gasteiger charge is -2.19. The van der Waals surface area contributed by atoms with Crippen LogP contribution in [0.5, 0.6) is 0 Å². The van der Waals surface area contributed by atoms with Gasteiger partial charge in [-0.25, -0.2) is 9.78 Å². The molecular weight excluding hydrogens is 414 g/mol. The summed E-state index contributed by atoms with van der Waals surface area (Å²) in [5.74, 6) is 0.267. The first-order valence-corrected chi connectivity index (χ1v) is 11.1. The van der Waals surface area contributed by atoms with Gasteiger partial charge >= 0.3 is 5.97 Å². The summed E-state index contributed by atoms with van der Waals surface area (Å²) in [7, 11) is 1.39. The molecule has 0 radical (unpaired) electrons. The van der Waals surface area contributed by atoms with Crippen molar-refractivity contribution in [3.05, 3.63) is 77.0 Å². The number of esters is 1. The second-order valence-corrected chi connectivity index (χ2v) is 8.18. The molecule has 0 aliphatic carbocycles. The van der Waals surface area contributed by atoms with Gasteiger partial charge in [0.15, 0.2) is 5.82 Å². The van der Waals surface area contributed by atoms with E-state index in [1.165, 1.54) is 7.11 Å². The molecule has 33 heavy (non-hydrogen) atoms. The van der Waals surface area contributed by atoms with Crippen molar-refractivity contribution in [3.8, 4) is 11.1 Å². The molecule has 2 aromatic carbocycles. The molecule has 1 aromatic heterocycles. The maximum atomic E-state index is 12.2. The summed E-state index contributed by atoms with van der Waals surface area (Å²) in [5, 5.41) is 6.41. The number of nitrogens with zero attached hydrogens (tertiary/aromatic N) is 1. The number of aryl methyl sites for hydroxylation is 2. The van der Waals surface area contributed by atoms with Crippen molar-refractivity contribution >= 4 is 23.4 Å². The molecule has 172 valence electrons. The molecule has 2 N–H and O–H groups in total. The number of hydrogen-bond acceptors (Lipinski definition) is 5. The smallest absolute Gasteiger partial charge is 0.338 e. The Balaban J connectivity index is 1.84. The molecule has 3 aromatic rings. The summed E-state index contributed by atoms with van der Waals surface area (Å²) in [5.41, 5.74) is 6.11. The summed E-state index contributed by atoms with van der Waals surface area (Å²) in [4.78, 5) is 28.8. The summed E-state index contributed by atoms with van der Waals surface area (Å²) in [6.07, 6.45) is 2.99. The number of benzene rings is 2. The lowest BCUT2D eigenvalue weighted by molar-refractivity contribution is -0.116. The van der Waals surface area contributed by atoms with Crippen molar-refractivity contribution in [2.24, 2.45) is 0 Å². The van der Waals surface area contributed by atoms with Crippen molar-refractivity contribution < 1.29 is 14.3 Å². The molecule has 0 aliphatic heterocycles. The minimum absolute atomic E-state index is 0.0202. The number of nitrogens with one attached hydrogen (secondary N) is 2. The number of amides is 1. The molecule has 3 rings (SSSR count). The number of carbonyl (C=O) groups is 2. The second-order valence-electron chi connectivity index (χ2n) is 8.18. The highest BCUT2D eigenvalue weighted by atomic mass is 16.5. The maximum absolute atomic E-state index is 12.2. The largest absolute Gasteiger partial charge is 0.465 e. The molecule has 1 atom stereocenters. The quantitative estimate of drug-likeness (QED) is 0.412. The Bertz CT molecular complexity index is 1140. The fourth-order valence-electron chi connectivity index (χ4n) is 3.68. The molecule has 1 heterocycles. The molecule has 0 unspecified atom stereocenters. The Morgan fingerprint density at radius 3 is 2.45 bits per heavy atom. The monoisotopic (exact) mass is 445 g/mol. The van der Waals surface area contributed by atoms with E-state index in [4.69, 9.17) is 4.74 Å². The van der Waals surface area contributed by atoms with Crippen LogP contribution in [0, 0.1) is 13.8 Å². The number of rotatable bonds is 8. The molecule has 0 saturated carbocycles. The predicted octanol–water partition coefficient (Wildman–Crippen LogP) is 6.06. The van der Waals surface area contributed by atoms with Crippen molar-refractivity contribution in [1.82, 2.24) is 4.98 Å². The van der Waals surface area contributed by atoms with Gasteiger partial charge < -0.3 is 15.4 Å². The van der Waals surface area contributed by atoms with Crippen LogP contribution in [0.4, 0.5) is 11.5 Å². The lowest BCUT2D eigenvalue weighted by Crippen LogP contribution is -2.16. The average Bonchev–Trinajstić information content (AvgIpc) is 2.81. The number of pyridine rings is 1. The highest BCUT2D eigenvalue weighted by Crippen LogP contribution is 2.30. The van der Waals surface area contributed by atoms with E-state index >= 15 is 0 Å². The van der Waals surface area contributed by atoms with Crippen LogP contribution < -0.4 is 10.6 Å². The van der Waals surface area contributed by atoms with Crippen LogP contribution in [0.2, 0.25) is 0 Å². The Kier molecular flexibility index (Phi) is 7.83. The van der Waals surface area contributed by atoms with Gasteiger partial charge in [-0.15, -0.1) is 0 Å². The topological polar surface area (TPSA) is 80.3 Å². The van der Waals surface area contributed by atoms with Crippen molar-refractivity contribution in [2.75, 3.05) is 17.7 Å². The van der Waals surface area contributed by atoms with Gasteiger partial charge in [0.05, 0.1) is 24.4 Å². The number of anilines is 2. The molecule has 0 fully saturated rings. The Morgan fingerprint density at radius 2 is 1.79 bits per heavy atom. The van der Waals surface area contributed by atoms with Crippen LogP contribution in [0.3, 0.4) is 0 Å². The third-order valence-corrected chi connectivity index (χ3v) is 5.56. The number of ether oxygens (including phenoxy) is 1. The van der Waals surface area contributed by atoms with Crippen LogP contribution in [-0.4, -0.2) is 24.0 Å². The summed E-state index contributed by atoms with van der Waals surface area (Å²) in [6, 6.07) is 15.6. The Morgan fingerprint density at radius 1 is 1.06 bits per heavy atom. The minimum Gasteiger partial charge on any atom is -0.465 e. The van der Waals surface area contributed by atoms with Gasteiger partial charge in [-0.2, -0.15) is 0 Å². The van der Waals surface area contributed by atoms with Crippen LogP contribution in [0.15, 0.2) is 54.7 Å². The number of hydrogen-bond donors (Lipinski definition) is 2. The third-order valence-electron chi connectivity index (χ3n) is 5.56. The first kappa shape index (κ1) is 24.0. The average molecular weight is 446 g/mol. The predicted molar refractivity (Wildman–Crippen MR) is 133 cm³/mol. The zero-order valence-electron chi connectivity index (χ0n) is 19.9. The van der Waals surface area contributed by atoms with E-state index in [2.05, 4.69) is 15.6 Å². The standard InChI is InChI=1S/C27H31N3O3/c1-6-7-24(31)30-25-18(3)14-15-28-26(25)29-19(4)20-9-11-21(12-10-20)23-16-17(2)8-13-22(23)27(32)33-5/h8-16,19H,6-7H2,1-5H3,(H,28,29)(H,30,31)/t19-/m1/s1. The van der Waals surface area contributed by atoms with E-state index in [0.29, 0.717) is 23.5 Å². The first-order valence-electron chi connectivity index (χ1n) is 11.1. The summed E-state index contributed by atoms with van der Waals surface area (Å²) < 4.78 is 4.94. The molecule has 0 bridgehead atoms. The fourth-order valence-corrected chi connectivity index (χ4v) is 3.68. The summed E-state index contributed by atoms with van der Waals surface area (Å²) in [6.45, 7) is 7.97. The van der Waals surface area contributed by atoms with E-state index in [1.54, 1.807) is 12.3 Å². The number of methoxy groups -OCH3 is 1. The van der Waals surface area contributed by atoms with Gasteiger partial charge in [-0.05, 0) is 61.6 Å². The Hall–Kier alpha value is -3.67. The first-order chi connectivity index (χ1) is 15.8. The third kappa shape index (κ3) is 5.77. The molecule has 6 nitrogen and oxygen atoms in total. The second kappa shape index (κ2) is 10.8. The summed E-state index contributed by atoms with van der Waals surface area (Å²) >= 11 is 0. The zero-order chi connectivity index (χ0) is 24.0. The fraction of sp³-hybridized carbons (Fsp3) is 0.296. The van der Waals surface area contributed by atoms with Crippen LogP contribution in [0.25, 0.3) is 11.1 Å². The zero-order valence-corrected chi connectivity index (χ0v) is 19.9. The minimum atomic E-state index is -0.354. The van der Waals surface area contributed by atoms with Gasteiger partial charge in [0.1, 0.15) is 0 Å². The SMILES string of the molecule is CCCC(=O)Nc1c(C)ccnc1N[C@H](C)c1ccc(-c2cc(C)ccc2C(=O)OC)cc1. The Labute approximate surface area is 195 Å². The van der Waals surface area contributed by atoms with E-state index in [9.17, 15) is 9.59 Å². The van der Waals surface area contributed by atoms with Crippen LogP contribution in [0.1, 0.15) is 59.8 Å². The van der Waals surface area contributed by atoms with E-state index < -0.39 is 0 Å². The van der Waals surface area contributed by atoms with Crippen LogP contribution in [-0.2, 0) is 9.53 Å². The molecule has 1 amide bonds. The maximum Gasteiger partial charge on any atom is 0.338 e.